The number of rotatable bonds is 9. The summed E-state index contributed by atoms with van der Waals surface area (Å²) in [6.45, 7) is 0. The van der Waals surface area contributed by atoms with Gasteiger partial charge in [0.1, 0.15) is 0 Å². The highest BCUT2D eigenvalue weighted by molar-refractivity contribution is 6.18. The average Bonchev–Trinajstić information content (AvgIpc) is 3.33. The summed E-state index contributed by atoms with van der Waals surface area (Å²) in [6, 6.07) is 89.8. The van der Waals surface area contributed by atoms with Gasteiger partial charge in [-0.3, -0.25) is 0 Å². The fourth-order valence-corrected chi connectivity index (χ4v) is 8.53. The topological polar surface area (TPSA) is 3.24 Å². The van der Waals surface area contributed by atoms with Gasteiger partial charge in [-0.15, -0.1) is 0 Å². The smallest absolute Gasteiger partial charge is 0.0462 e. The van der Waals surface area contributed by atoms with Crippen LogP contribution >= 0.6 is 0 Å². The Hall–Kier alpha value is -7.74. The lowest BCUT2D eigenvalue weighted by molar-refractivity contribution is 1.28. The third kappa shape index (κ3) is 7.30. The van der Waals surface area contributed by atoms with E-state index in [2.05, 4.69) is 254 Å². The lowest BCUT2D eigenvalue weighted by atomic mass is 9.78. The van der Waals surface area contributed by atoms with Crippen LogP contribution in [-0.4, -0.2) is 0 Å². The van der Waals surface area contributed by atoms with E-state index in [0.717, 1.165) is 22.6 Å². The Kier molecular flexibility index (Phi) is 10.7. The molecular weight excluding hydrogens is 723 g/mol. The maximum Gasteiger partial charge on any atom is 0.0462 e. The number of hydrogen-bond acceptors (Lipinski definition) is 1. The summed E-state index contributed by atoms with van der Waals surface area (Å²) in [5.41, 5.74) is 17.8. The quantitative estimate of drug-likeness (QED) is 0.141. The first kappa shape index (κ1) is 37.8. The van der Waals surface area contributed by atoms with E-state index >= 15 is 0 Å². The summed E-state index contributed by atoms with van der Waals surface area (Å²) in [6.07, 6.45) is 0. The second kappa shape index (κ2) is 17.0. The zero-order valence-corrected chi connectivity index (χ0v) is 32.6. The molecule has 1 heteroatoms. The van der Waals surface area contributed by atoms with Crippen LogP contribution in [0.5, 0.6) is 0 Å². The van der Waals surface area contributed by atoms with Crippen LogP contribution in [-0.2, 0) is 0 Å². The number of para-hydroxylation sites is 1. The van der Waals surface area contributed by atoms with Crippen LogP contribution in [0.4, 0.5) is 17.1 Å². The summed E-state index contributed by atoms with van der Waals surface area (Å²) in [5.74, 6) is 0. The van der Waals surface area contributed by atoms with Gasteiger partial charge in [0.15, 0.2) is 0 Å². The lowest BCUT2D eigenvalue weighted by Crippen LogP contribution is -2.09. The van der Waals surface area contributed by atoms with Crippen molar-refractivity contribution in [2.24, 2.45) is 0 Å². The van der Waals surface area contributed by atoms with Crippen LogP contribution in [0.15, 0.2) is 249 Å². The van der Waals surface area contributed by atoms with Crippen LogP contribution in [0.3, 0.4) is 0 Å². The molecule has 0 N–H and O–H groups in total. The van der Waals surface area contributed by atoms with Crippen molar-refractivity contribution in [3.05, 3.63) is 249 Å². The Morgan fingerprint density at radius 3 is 0.900 bits per heavy atom. The van der Waals surface area contributed by atoms with Crippen molar-refractivity contribution < 1.29 is 0 Å². The molecule has 0 radical (unpaired) electrons. The number of fused-ring (bicyclic) bond motifs is 1. The van der Waals surface area contributed by atoms with E-state index in [1.807, 2.05) is 0 Å². The van der Waals surface area contributed by atoms with Gasteiger partial charge in [-0.25, -0.2) is 0 Å². The first-order valence-corrected chi connectivity index (χ1v) is 20.3. The largest absolute Gasteiger partial charge is 0.311 e. The highest BCUT2D eigenvalue weighted by Gasteiger charge is 2.24. The second-order valence-electron chi connectivity index (χ2n) is 14.9. The summed E-state index contributed by atoms with van der Waals surface area (Å²) in [5, 5.41) is 2.45. The van der Waals surface area contributed by atoms with Gasteiger partial charge in [-0.05, 0) is 120 Å². The highest BCUT2D eigenvalue weighted by atomic mass is 15.1. The lowest BCUT2D eigenvalue weighted by Gasteiger charge is -2.26. The maximum atomic E-state index is 2.41. The molecule has 0 atom stereocenters. The van der Waals surface area contributed by atoms with Crippen molar-refractivity contribution in [1.29, 1.82) is 0 Å². The van der Waals surface area contributed by atoms with Crippen molar-refractivity contribution in [3.8, 4) is 66.8 Å². The molecule has 10 aromatic carbocycles. The first-order chi connectivity index (χ1) is 29.3. The SMILES string of the molecule is C.c1ccc(-c2ccc(N(c3ccccc3)c3ccc(-c4ccc5c(-c6ccccc6)c(-c6ccccc6)c(-c6ccccc6)c(-c6ccccc6)c5c4)cc3)cc2)cc1. The summed E-state index contributed by atoms with van der Waals surface area (Å²) >= 11 is 0. The molecule has 0 bridgehead atoms. The summed E-state index contributed by atoms with van der Waals surface area (Å²) < 4.78 is 0. The molecule has 0 aliphatic rings. The molecule has 0 amide bonds. The Balaban J connectivity index is 0.00000462. The molecule has 0 aromatic heterocycles. The van der Waals surface area contributed by atoms with Crippen LogP contribution in [0, 0.1) is 0 Å². The van der Waals surface area contributed by atoms with Gasteiger partial charge in [0.05, 0.1) is 0 Å². The van der Waals surface area contributed by atoms with Crippen molar-refractivity contribution in [3.63, 3.8) is 0 Å². The van der Waals surface area contributed by atoms with E-state index in [0.29, 0.717) is 0 Å². The molecule has 10 aromatic rings. The van der Waals surface area contributed by atoms with E-state index in [9.17, 15) is 0 Å². The number of nitrogens with zero attached hydrogens (tertiary/aromatic N) is 1. The van der Waals surface area contributed by atoms with Crippen LogP contribution in [0.1, 0.15) is 7.43 Å². The Bertz CT molecular complexity index is 2960. The molecule has 0 fully saturated rings. The van der Waals surface area contributed by atoms with Crippen molar-refractivity contribution in [1.82, 2.24) is 0 Å². The second-order valence-corrected chi connectivity index (χ2v) is 14.9. The highest BCUT2D eigenvalue weighted by Crippen LogP contribution is 2.51. The van der Waals surface area contributed by atoms with E-state index < -0.39 is 0 Å². The van der Waals surface area contributed by atoms with E-state index in [1.165, 1.54) is 72.0 Å². The molecule has 0 unspecified atom stereocenters. The van der Waals surface area contributed by atoms with Gasteiger partial charge in [0.2, 0.25) is 0 Å². The van der Waals surface area contributed by atoms with Crippen molar-refractivity contribution in [2.75, 3.05) is 4.90 Å². The minimum absolute atomic E-state index is 0. The molecule has 0 aliphatic heterocycles. The van der Waals surface area contributed by atoms with Gasteiger partial charge < -0.3 is 4.90 Å². The third-order valence-electron chi connectivity index (χ3n) is 11.3. The molecular formula is C59H45N. The number of benzene rings is 10. The predicted molar refractivity (Wildman–Crippen MR) is 258 cm³/mol. The third-order valence-corrected chi connectivity index (χ3v) is 11.3. The average molecular weight is 768 g/mol. The zero-order valence-electron chi connectivity index (χ0n) is 32.6. The first-order valence-electron chi connectivity index (χ1n) is 20.3. The molecule has 0 heterocycles. The summed E-state index contributed by atoms with van der Waals surface area (Å²) in [4.78, 5) is 2.33. The van der Waals surface area contributed by atoms with E-state index in [-0.39, 0.29) is 7.43 Å². The van der Waals surface area contributed by atoms with Crippen LogP contribution in [0.25, 0.3) is 77.5 Å². The van der Waals surface area contributed by atoms with Crippen LogP contribution < -0.4 is 4.90 Å². The molecule has 0 spiro atoms. The number of hydrogen-bond donors (Lipinski definition) is 0. The Morgan fingerprint density at radius 1 is 0.200 bits per heavy atom. The van der Waals surface area contributed by atoms with Crippen molar-refractivity contribution >= 4 is 27.8 Å². The molecule has 60 heavy (non-hydrogen) atoms. The predicted octanol–water partition coefficient (Wildman–Crippen LogP) is 16.9. The molecule has 0 aliphatic carbocycles. The minimum atomic E-state index is 0. The molecule has 0 saturated carbocycles. The van der Waals surface area contributed by atoms with Crippen LogP contribution in [0.2, 0.25) is 0 Å². The molecule has 286 valence electrons. The Labute approximate surface area is 354 Å². The molecule has 0 saturated heterocycles. The maximum absolute atomic E-state index is 2.41. The van der Waals surface area contributed by atoms with Gasteiger partial charge in [0.25, 0.3) is 0 Å². The fourth-order valence-electron chi connectivity index (χ4n) is 8.53. The standard InChI is InChI=1S/C58H41N.CH4/c1-7-19-42(20-8-1)43-31-36-51(37-32-43)59(50-29-17-6-18-30-50)52-38-33-44(34-39-52)49-35-40-53-54(41-49)56(46-23-11-3-12-24-46)58(48-27-15-5-16-28-48)57(47-25-13-4-14-26-47)55(53)45-21-9-2-10-22-45;/h1-41H;1H4. The van der Waals surface area contributed by atoms with Gasteiger partial charge in [-0.2, -0.15) is 0 Å². The molecule has 10 rings (SSSR count). The number of anilines is 3. The fraction of sp³-hybridized carbons (Fsp3) is 0.0169. The molecule has 1 nitrogen and oxygen atoms in total. The Morgan fingerprint density at radius 2 is 0.483 bits per heavy atom. The monoisotopic (exact) mass is 767 g/mol. The minimum Gasteiger partial charge on any atom is -0.311 e. The summed E-state index contributed by atoms with van der Waals surface area (Å²) in [7, 11) is 0. The van der Waals surface area contributed by atoms with Gasteiger partial charge >= 0.3 is 0 Å². The van der Waals surface area contributed by atoms with E-state index in [4.69, 9.17) is 0 Å². The van der Waals surface area contributed by atoms with Gasteiger partial charge in [0, 0.05) is 17.1 Å². The normalized spacial score (nSPS) is 10.9. The zero-order chi connectivity index (χ0) is 39.4. The van der Waals surface area contributed by atoms with Crippen molar-refractivity contribution in [2.45, 2.75) is 7.43 Å². The van der Waals surface area contributed by atoms with Gasteiger partial charge in [-0.1, -0.05) is 214 Å². The van der Waals surface area contributed by atoms with E-state index in [1.54, 1.807) is 0 Å².